The molecular formula is C27H32O2Si. The summed E-state index contributed by atoms with van der Waals surface area (Å²) >= 11 is 0. The third kappa shape index (κ3) is 4.64. The zero-order valence-corrected chi connectivity index (χ0v) is 19.4. The summed E-state index contributed by atoms with van der Waals surface area (Å²) in [6, 6.07) is 30.9. The molecule has 0 fully saturated rings. The lowest BCUT2D eigenvalue weighted by Crippen LogP contribution is -2.66. The van der Waals surface area contributed by atoms with E-state index in [0.29, 0.717) is 6.61 Å². The summed E-state index contributed by atoms with van der Waals surface area (Å²) in [6.45, 7) is 9.05. The molecule has 0 aliphatic carbocycles. The van der Waals surface area contributed by atoms with Crippen molar-refractivity contribution in [2.45, 2.75) is 38.3 Å². The predicted octanol–water partition coefficient (Wildman–Crippen LogP) is 5.03. The van der Waals surface area contributed by atoms with E-state index in [1.54, 1.807) is 0 Å². The van der Waals surface area contributed by atoms with Gasteiger partial charge in [0.2, 0.25) is 0 Å². The number of aliphatic hydroxyl groups is 1. The quantitative estimate of drug-likeness (QED) is 0.432. The van der Waals surface area contributed by atoms with Gasteiger partial charge in [0.1, 0.15) is 5.60 Å². The number of rotatable bonds is 7. The SMILES string of the molecule is CC(C)(C)[Si](OC/C=C/[C@](C)(O)c1ccccc1)(c1ccccc1)c1ccccc1. The van der Waals surface area contributed by atoms with Crippen molar-refractivity contribution < 1.29 is 9.53 Å². The molecule has 3 heteroatoms. The number of hydrogen-bond donors (Lipinski definition) is 1. The van der Waals surface area contributed by atoms with Crippen molar-refractivity contribution in [1.82, 2.24) is 0 Å². The summed E-state index contributed by atoms with van der Waals surface area (Å²) in [5.41, 5.74) is -0.164. The first-order chi connectivity index (χ1) is 14.3. The Bertz CT molecular complexity index is 903. The van der Waals surface area contributed by atoms with Crippen LogP contribution in [0.4, 0.5) is 0 Å². The molecule has 0 unspecified atom stereocenters. The van der Waals surface area contributed by atoms with Crippen LogP contribution in [0.1, 0.15) is 33.3 Å². The second-order valence-corrected chi connectivity index (χ2v) is 13.2. The molecule has 0 radical (unpaired) electrons. The third-order valence-electron chi connectivity index (χ3n) is 5.61. The molecule has 3 rings (SSSR count). The Morgan fingerprint density at radius 1 is 0.733 bits per heavy atom. The molecule has 0 heterocycles. The summed E-state index contributed by atoms with van der Waals surface area (Å²) in [6.07, 6.45) is 3.78. The van der Waals surface area contributed by atoms with Crippen LogP contribution in [0.15, 0.2) is 103 Å². The maximum atomic E-state index is 10.9. The van der Waals surface area contributed by atoms with E-state index in [9.17, 15) is 5.11 Å². The minimum atomic E-state index is -2.56. The van der Waals surface area contributed by atoms with Crippen molar-refractivity contribution in [2.24, 2.45) is 0 Å². The molecule has 30 heavy (non-hydrogen) atoms. The van der Waals surface area contributed by atoms with Crippen molar-refractivity contribution in [3.05, 3.63) is 109 Å². The van der Waals surface area contributed by atoms with Crippen LogP contribution in [0, 0.1) is 0 Å². The zero-order chi connectivity index (χ0) is 21.7. The Morgan fingerprint density at radius 3 is 1.60 bits per heavy atom. The van der Waals surface area contributed by atoms with Gasteiger partial charge in [0.05, 0.1) is 6.61 Å². The summed E-state index contributed by atoms with van der Waals surface area (Å²) in [5.74, 6) is 0. The van der Waals surface area contributed by atoms with E-state index in [2.05, 4.69) is 69.3 Å². The third-order valence-corrected chi connectivity index (χ3v) is 10.6. The molecule has 0 aliphatic rings. The minimum Gasteiger partial charge on any atom is -0.404 e. The molecule has 0 aromatic heterocycles. The fourth-order valence-electron chi connectivity index (χ4n) is 4.08. The highest BCUT2D eigenvalue weighted by Gasteiger charge is 2.49. The minimum absolute atomic E-state index is 0.0640. The molecule has 0 bridgehead atoms. The number of hydrogen-bond acceptors (Lipinski definition) is 2. The summed E-state index contributed by atoms with van der Waals surface area (Å²) < 4.78 is 6.84. The van der Waals surface area contributed by atoms with Gasteiger partial charge in [-0.3, -0.25) is 0 Å². The van der Waals surface area contributed by atoms with Gasteiger partial charge >= 0.3 is 0 Å². The Hall–Kier alpha value is -2.46. The van der Waals surface area contributed by atoms with E-state index in [-0.39, 0.29) is 5.04 Å². The summed E-state index contributed by atoms with van der Waals surface area (Å²) in [5, 5.41) is 13.3. The monoisotopic (exact) mass is 416 g/mol. The first-order valence-corrected chi connectivity index (χ1v) is 12.4. The molecule has 0 saturated heterocycles. The van der Waals surface area contributed by atoms with Crippen LogP contribution in [0.25, 0.3) is 0 Å². The molecule has 1 atom stereocenters. The Morgan fingerprint density at radius 2 is 1.17 bits per heavy atom. The fourth-order valence-corrected chi connectivity index (χ4v) is 8.59. The second-order valence-electron chi connectivity index (χ2n) is 8.89. The lowest BCUT2D eigenvalue weighted by atomic mass is 9.96. The Balaban J connectivity index is 1.94. The highest BCUT2D eigenvalue weighted by atomic mass is 28.4. The fraction of sp³-hybridized carbons (Fsp3) is 0.259. The van der Waals surface area contributed by atoms with Crippen LogP contribution in [0.2, 0.25) is 5.04 Å². The van der Waals surface area contributed by atoms with E-state index in [0.717, 1.165) is 5.56 Å². The van der Waals surface area contributed by atoms with E-state index in [1.165, 1.54) is 10.4 Å². The van der Waals surface area contributed by atoms with E-state index >= 15 is 0 Å². The van der Waals surface area contributed by atoms with Gasteiger partial charge < -0.3 is 9.53 Å². The van der Waals surface area contributed by atoms with Crippen LogP contribution in [-0.4, -0.2) is 20.0 Å². The second kappa shape index (κ2) is 9.13. The van der Waals surface area contributed by atoms with Gasteiger partial charge in [-0.15, -0.1) is 0 Å². The van der Waals surface area contributed by atoms with Crippen LogP contribution in [0.3, 0.4) is 0 Å². The molecule has 3 aromatic carbocycles. The van der Waals surface area contributed by atoms with Gasteiger partial charge in [-0.1, -0.05) is 124 Å². The molecular weight excluding hydrogens is 384 g/mol. The van der Waals surface area contributed by atoms with Crippen LogP contribution in [0.5, 0.6) is 0 Å². The van der Waals surface area contributed by atoms with E-state index in [1.807, 2.05) is 61.5 Å². The number of benzene rings is 3. The topological polar surface area (TPSA) is 29.5 Å². The predicted molar refractivity (Wildman–Crippen MR) is 129 cm³/mol. The first kappa shape index (κ1) is 22.2. The smallest absolute Gasteiger partial charge is 0.261 e. The molecule has 0 amide bonds. The van der Waals surface area contributed by atoms with Gasteiger partial charge in [-0.05, 0) is 27.9 Å². The van der Waals surface area contributed by atoms with Gasteiger partial charge in [0.15, 0.2) is 0 Å². The Kier molecular flexibility index (Phi) is 6.76. The van der Waals surface area contributed by atoms with Crippen LogP contribution >= 0.6 is 0 Å². The van der Waals surface area contributed by atoms with Crippen molar-refractivity contribution in [3.63, 3.8) is 0 Å². The standard InChI is InChI=1S/C27H32O2Si/c1-26(2,3)30(24-17-10-6-11-18-24,25-19-12-7-13-20-25)29-22-14-21-27(4,28)23-15-8-5-9-16-23/h5-21,28H,22H2,1-4H3/b21-14+/t27-/m0/s1. The largest absolute Gasteiger partial charge is 0.404 e. The van der Waals surface area contributed by atoms with Gasteiger partial charge in [-0.25, -0.2) is 0 Å². The zero-order valence-electron chi connectivity index (χ0n) is 18.4. The average Bonchev–Trinajstić information content (AvgIpc) is 2.75. The van der Waals surface area contributed by atoms with Gasteiger partial charge in [-0.2, -0.15) is 0 Å². The van der Waals surface area contributed by atoms with Crippen molar-refractivity contribution in [1.29, 1.82) is 0 Å². The molecule has 0 spiro atoms. The molecule has 2 nitrogen and oxygen atoms in total. The highest BCUT2D eigenvalue weighted by Crippen LogP contribution is 2.36. The lowest BCUT2D eigenvalue weighted by Gasteiger charge is -2.42. The molecule has 0 aliphatic heterocycles. The van der Waals surface area contributed by atoms with Gasteiger partial charge in [0.25, 0.3) is 8.32 Å². The first-order valence-electron chi connectivity index (χ1n) is 10.5. The van der Waals surface area contributed by atoms with E-state index in [4.69, 9.17) is 4.43 Å². The Labute approximate surface area is 182 Å². The van der Waals surface area contributed by atoms with Crippen molar-refractivity contribution in [2.75, 3.05) is 6.61 Å². The maximum absolute atomic E-state index is 10.9. The molecule has 156 valence electrons. The molecule has 1 N–H and O–H groups in total. The highest BCUT2D eigenvalue weighted by molar-refractivity contribution is 6.99. The molecule has 3 aromatic rings. The summed E-state index contributed by atoms with van der Waals surface area (Å²) in [4.78, 5) is 0. The maximum Gasteiger partial charge on any atom is 0.261 e. The average molecular weight is 417 g/mol. The normalized spacial score (nSPS) is 14.6. The van der Waals surface area contributed by atoms with Crippen molar-refractivity contribution >= 4 is 18.7 Å². The summed E-state index contributed by atoms with van der Waals surface area (Å²) in [7, 11) is -2.56. The lowest BCUT2D eigenvalue weighted by molar-refractivity contribution is 0.110. The van der Waals surface area contributed by atoms with Crippen LogP contribution in [-0.2, 0) is 10.0 Å². The molecule has 0 saturated carbocycles. The van der Waals surface area contributed by atoms with Gasteiger partial charge in [0, 0.05) is 0 Å². The van der Waals surface area contributed by atoms with Crippen molar-refractivity contribution in [3.8, 4) is 0 Å². The van der Waals surface area contributed by atoms with Crippen LogP contribution < -0.4 is 10.4 Å². The van der Waals surface area contributed by atoms with E-state index < -0.39 is 13.9 Å².